The summed E-state index contributed by atoms with van der Waals surface area (Å²) in [5, 5.41) is 2.94. The van der Waals surface area contributed by atoms with E-state index in [2.05, 4.69) is 5.32 Å². The van der Waals surface area contributed by atoms with Gasteiger partial charge in [0.25, 0.3) is 0 Å². The zero-order valence-corrected chi connectivity index (χ0v) is 9.69. The Labute approximate surface area is 95.7 Å². The highest BCUT2D eigenvalue weighted by atomic mass is 16.5. The van der Waals surface area contributed by atoms with Crippen LogP contribution in [0.1, 0.15) is 5.56 Å². The molecule has 90 valence electrons. The molecule has 16 heavy (non-hydrogen) atoms. The highest BCUT2D eigenvalue weighted by molar-refractivity contribution is 5.40. The Balaban J connectivity index is 2.67. The third kappa shape index (κ3) is 3.69. The molecule has 0 spiro atoms. The molecule has 0 unspecified atom stereocenters. The van der Waals surface area contributed by atoms with E-state index in [0.29, 0.717) is 6.54 Å². The van der Waals surface area contributed by atoms with Crippen LogP contribution in [0.15, 0.2) is 18.2 Å². The molecule has 0 aromatic heterocycles. The first-order valence-corrected chi connectivity index (χ1v) is 5.13. The summed E-state index contributed by atoms with van der Waals surface area (Å²) in [7, 11) is 3.28. The number of hydrogen-bond donors (Lipinski definition) is 3. The summed E-state index contributed by atoms with van der Waals surface area (Å²) in [6, 6.07) is 5.70. The van der Waals surface area contributed by atoms with Crippen LogP contribution in [0.2, 0.25) is 0 Å². The third-order valence-corrected chi connectivity index (χ3v) is 2.26. The van der Waals surface area contributed by atoms with Crippen molar-refractivity contribution in [3.63, 3.8) is 0 Å². The molecule has 0 amide bonds. The number of nitrogens with two attached hydrogens (primary N) is 2. The zero-order valence-electron chi connectivity index (χ0n) is 9.69. The van der Waals surface area contributed by atoms with Gasteiger partial charge in [0.1, 0.15) is 17.8 Å². The molecular weight excluding hydrogens is 206 g/mol. The van der Waals surface area contributed by atoms with Crippen LogP contribution < -0.4 is 26.3 Å². The third-order valence-electron chi connectivity index (χ3n) is 2.26. The van der Waals surface area contributed by atoms with Gasteiger partial charge in [-0.05, 0) is 30.2 Å². The molecule has 5 heteroatoms. The zero-order chi connectivity index (χ0) is 12.0. The van der Waals surface area contributed by atoms with Gasteiger partial charge < -0.3 is 20.9 Å². The van der Waals surface area contributed by atoms with Crippen molar-refractivity contribution in [2.24, 2.45) is 11.5 Å². The number of ether oxygens (including phenoxy) is 2. The van der Waals surface area contributed by atoms with E-state index in [9.17, 15) is 0 Å². The second kappa shape index (κ2) is 6.32. The summed E-state index contributed by atoms with van der Waals surface area (Å²) in [5.74, 6) is 1.65. The molecule has 0 saturated heterocycles. The minimum atomic E-state index is -0.489. The van der Waals surface area contributed by atoms with Crippen molar-refractivity contribution in [1.29, 1.82) is 0 Å². The van der Waals surface area contributed by atoms with E-state index in [1.165, 1.54) is 0 Å². The van der Waals surface area contributed by atoms with E-state index in [1.54, 1.807) is 14.2 Å². The van der Waals surface area contributed by atoms with Gasteiger partial charge in [-0.25, -0.2) is 0 Å². The smallest absolute Gasteiger partial charge is 0.122 e. The molecule has 0 heterocycles. The molecule has 1 aromatic rings. The van der Waals surface area contributed by atoms with Gasteiger partial charge in [-0.1, -0.05) is 0 Å². The fourth-order valence-electron chi connectivity index (χ4n) is 1.45. The lowest BCUT2D eigenvalue weighted by Crippen LogP contribution is -2.45. The van der Waals surface area contributed by atoms with E-state index in [0.717, 1.165) is 23.5 Å². The minimum Gasteiger partial charge on any atom is -0.497 e. The van der Waals surface area contributed by atoms with E-state index >= 15 is 0 Å². The molecule has 0 fully saturated rings. The summed E-state index contributed by atoms with van der Waals surface area (Å²) in [5.41, 5.74) is 11.9. The van der Waals surface area contributed by atoms with Gasteiger partial charge in [0, 0.05) is 6.54 Å². The van der Waals surface area contributed by atoms with Gasteiger partial charge in [0.05, 0.1) is 14.2 Å². The van der Waals surface area contributed by atoms with Crippen molar-refractivity contribution < 1.29 is 9.47 Å². The Morgan fingerprint density at radius 1 is 1.25 bits per heavy atom. The predicted molar refractivity (Wildman–Crippen MR) is 63.4 cm³/mol. The van der Waals surface area contributed by atoms with Crippen LogP contribution >= 0.6 is 0 Å². The van der Waals surface area contributed by atoms with Gasteiger partial charge in [0.15, 0.2) is 0 Å². The maximum absolute atomic E-state index is 5.39. The van der Waals surface area contributed by atoms with Crippen molar-refractivity contribution in [3.05, 3.63) is 23.8 Å². The molecular formula is C11H19N3O2. The normalized spacial score (nSPS) is 10.6. The van der Waals surface area contributed by atoms with Crippen molar-refractivity contribution in [3.8, 4) is 11.5 Å². The van der Waals surface area contributed by atoms with Gasteiger partial charge in [0.2, 0.25) is 0 Å². The van der Waals surface area contributed by atoms with Gasteiger partial charge >= 0.3 is 0 Å². The Morgan fingerprint density at radius 3 is 2.56 bits per heavy atom. The first-order valence-electron chi connectivity index (χ1n) is 5.13. The van der Waals surface area contributed by atoms with Crippen LogP contribution in [0.4, 0.5) is 0 Å². The number of benzene rings is 1. The van der Waals surface area contributed by atoms with Crippen LogP contribution in [0, 0.1) is 0 Å². The lowest BCUT2D eigenvalue weighted by molar-refractivity contribution is 0.397. The van der Waals surface area contributed by atoms with Gasteiger partial charge in [-0.3, -0.25) is 5.32 Å². The standard InChI is InChI=1S/C11H19N3O2/c1-15-9-3-4-10(16-2)8(7-9)5-6-14-11(12)13/h3-4,7,11,14H,5-6,12-13H2,1-2H3. The second-order valence-electron chi connectivity index (χ2n) is 3.41. The first-order chi connectivity index (χ1) is 7.67. The molecule has 5 nitrogen and oxygen atoms in total. The van der Waals surface area contributed by atoms with Crippen molar-refractivity contribution in [2.45, 2.75) is 12.7 Å². The highest BCUT2D eigenvalue weighted by Crippen LogP contribution is 2.23. The maximum Gasteiger partial charge on any atom is 0.122 e. The quantitative estimate of drug-likeness (QED) is 0.595. The molecule has 0 radical (unpaired) electrons. The molecule has 0 aliphatic carbocycles. The lowest BCUT2D eigenvalue weighted by atomic mass is 10.1. The molecule has 0 aliphatic heterocycles. The van der Waals surface area contributed by atoms with Crippen LogP contribution in [-0.2, 0) is 6.42 Å². The van der Waals surface area contributed by atoms with Crippen molar-refractivity contribution in [1.82, 2.24) is 5.32 Å². The molecule has 5 N–H and O–H groups in total. The number of nitrogens with one attached hydrogen (secondary N) is 1. The topological polar surface area (TPSA) is 82.5 Å². The van der Waals surface area contributed by atoms with E-state index < -0.39 is 6.29 Å². The molecule has 0 saturated carbocycles. The van der Waals surface area contributed by atoms with Crippen LogP contribution in [0.5, 0.6) is 11.5 Å². The number of rotatable bonds is 6. The maximum atomic E-state index is 5.39. The van der Waals surface area contributed by atoms with Gasteiger partial charge in [-0.15, -0.1) is 0 Å². The minimum absolute atomic E-state index is 0.489. The van der Waals surface area contributed by atoms with Crippen LogP contribution in [0.25, 0.3) is 0 Å². The fraction of sp³-hybridized carbons (Fsp3) is 0.455. The largest absolute Gasteiger partial charge is 0.497 e. The van der Waals surface area contributed by atoms with Crippen molar-refractivity contribution in [2.75, 3.05) is 20.8 Å². The summed E-state index contributed by atoms with van der Waals surface area (Å²) in [6.07, 6.45) is 0.294. The summed E-state index contributed by atoms with van der Waals surface area (Å²) < 4.78 is 10.4. The Kier molecular flexibility index (Phi) is 5.04. The SMILES string of the molecule is COc1ccc(OC)c(CCNC(N)N)c1. The molecule has 0 bridgehead atoms. The summed E-state index contributed by atoms with van der Waals surface area (Å²) in [4.78, 5) is 0. The second-order valence-corrected chi connectivity index (χ2v) is 3.41. The predicted octanol–water partition coefficient (Wildman–Crippen LogP) is 0.0369. The van der Waals surface area contributed by atoms with E-state index in [1.807, 2.05) is 18.2 Å². The van der Waals surface area contributed by atoms with Crippen LogP contribution in [0.3, 0.4) is 0 Å². The fourth-order valence-corrected chi connectivity index (χ4v) is 1.45. The lowest BCUT2D eigenvalue weighted by Gasteiger charge is -2.12. The average molecular weight is 225 g/mol. The average Bonchev–Trinajstić information content (AvgIpc) is 2.28. The van der Waals surface area contributed by atoms with Gasteiger partial charge in [-0.2, -0.15) is 0 Å². The molecule has 1 rings (SSSR count). The molecule has 1 aromatic carbocycles. The van der Waals surface area contributed by atoms with Crippen LogP contribution in [-0.4, -0.2) is 27.1 Å². The number of hydrogen-bond acceptors (Lipinski definition) is 5. The molecule has 0 aliphatic rings. The van der Waals surface area contributed by atoms with E-state index in [-0.39, 0.29) is 0 Å². The Hall–Kier alpha value is -1.30. The van der Waals surface area contributed by atoms with Crippen molar-refractivity contribution >= 4 is 0 Å². The highest BCUT2D eigenvalue weighted by Gasteiger charge is 2.05. The Morgan fingerprint density at radius 2 is 2.00 bits per heavy atom. The summed E-state index contributed by atoms with van der Waals surface area (Å²) >= 11 is 0. The first kappa shape index (κ1) is 12.8. The molecule has 0 atom stereocenters. The Bertz CT molecular complexity index is 329. The monoisotopic (exact) mass is 225 g/mol. The van der Waals surface area contributed by atoms with E-state index in [4.69, 9.17) is 20.9 Å². The number of methoxy groups -OCH3 is 2. The summed E-state index contributed by atoms with van der Waals surface area (Å²) in [6.45, 7) is 0.696.